The van der Waals surface area contributed by atoms with E-state index in [1.165, 1.54) is 11.3 Å². The number of likely N-dealkylation sites (N-methyl/N-ethyl adjacent to an activating group) is 1. The smallest absolute Gasteiger partial charge is 0.271 e. The van der Waals surface area contributed by atoms with E-state index in [4.69, 9.17) is 14.5 Å². The molecule has 1 atom stereocenters. The van der Waals surface area contributed by atoms with Crippen LogP contribution < -0.4 is 24.4 Å². The first-order chi connectivity index (χ1) is 19.8. The minimum atomic E-state index is -0.718. The Morgan fingerprint density at radius 1 is 1.05 bits per heavy atom. The number of thiazole rings is 1. The molecule has 4 aromatic rings. The summed E-state index contributed by atoms with van der Waals surface area (Å²) in [6.45, 7) is 10.8. The quantitative estimate of drug-likeness (QED) is 0.298. The van der Waals surface area contributed by atoms with Gasteiger partial charge in [0.25, 0.3) is 11.5 Å². The van der Waals surface area contributed by atoms with Crippen LogP contribution in [0.3, 0.4) is 0 Å². The first-order valence-electron chi connectivity index (χ1n) is 13.9. The molecule has 8 heteroatoms. The Labute approximate surface area is 243 Å². The number of fused-ring (bicyclic) bond motifs is 2. The van der Waals surface area contributed by atoms with Crippen LogP contribution in [0, 0.1) is 0 Å². The van der Waals surface area contributed by atoms with Gasteiger partial charge >= 0.3 is 0 Å². The summed E-state index contributed by atoms with van der Waals surface area (Å²) in [5.74, 6) is 1.17. The number of amides is 1. The summed E-state index contributed by atoms with van der Waals surface area (Å²) in [6, 6.07) is 18.8. The van der Waals surface area contributed by atoms with Crippen LogP contribution in [0.1, 0.15) is 51.8 Å². The van der Waals surface area contributed by atoms with E-state index in [-0.39, 0.29) is 17.6 Å². The Hall–Kier alpha value is -4.17. The van der Waals surface area contributed by atoms with E-state index in [9.17, 15) is 9.59 Å². The highest BCUT2D eigenvalue weighted by molar-refractivity contribution is 7.07. The van der Waals surface area contributed by atoms with Gasteiger partial charge in [-0.25, -0.2) is 4.99 Å². The molecule has 1 aromatic heterocycles. The molecule has 0 N–H and O–H groups in total. The zero-order valence-corrected chi connectivity index (χ0v) is 25.1. The molecule has 0 aliphatic carbocycles. The van der Waals surface area contributed by atoms with Gasteiger partial charge in [0.15, 0.2) is 4.80 Å². The topological polar surface area (TPSA) is 73.1 Å². The molecule has 2 heterocycles. The summed E-state index contributed by atoms with van der Waals surface area (Å²) in [7, 11) is 1.62. The van der Waals surface area contributed by atoms with Gasteiger partial charge in [0.2, 0.25) is 0 Å². The number of nitrogens with zero attached hydrogens (tertiary/aromatic N) is 3. The van der Waals surface area contributed by atoms with Crippen molar-refractivity contribution in [3.8, 4) is 11.5 Å². The second kappa shape index (κ2) is 11.7. The van der Waals surface area contributed by atoms with Crippen molar-refractivity contribution in [1.29, 1.82) is 0 Å². The van der Waals surface area contributed by atoms with Gasteiger partial charge in [-0.1, -0.05) is 59.9 Å². The van der Waals surface area contributed by atoms with Gasteiger partial charge in [-0.05, 0) is 63.6 Å². The lowest BCUT2D eigenvalue weighted by atomic mass is 9.90. The Bertz CT molecular complexity index is 1830. The molecular weight excluding hydrogens is 534 g/mol. The van der Waals surface area contributed by atoms with Crippen LogP contribution in [0.15, 0.2) is 81.7 Å². The number of aromatic nitrogens is 1. The Kier molecular flexibility index (Phi) is 8.13. The molecule has 212 valence electrons. The fraction of sp³-hybridized carbons (Fsp3) is 0.303. The third-order valence-corrected chi connectivity index (χ3v) is 8.28. The van der Waals surface area contributed by atoms with Crippen LogP contribution in [0.25, 0.3) is 16.8 Å². The van der Waals surface area contributed by atoms with Crippen molar-refractivity contribution in [3.63, 3.8) is 0 Å². The molecule has 0 spiro atoms. The average Bonchev–Trinajstić information content (AvgIpc) is 3.27. The van der Waals surface area contributed by atoms with Crippen molar-refractivity contribution in [2.24, 2.45) is 4.99 Å². The van der Waals surface area contributed by atoms with E-state index in [1.54, 1.807) is 16.6 Å². The number of allylic oxidation sites excluding steroid dienone is 1. The highest BCUT2D eigenvalue weighted by Crippen LogP contribution is 2.40. The van der Waals surface area contributed by atoms with Crippen molar-refractivity contribution in [2.75, 3.05) is 20.2 Å². The lowest BCUT2D eigenvalue weighted by Crippen LogP contribution is -2.43. The van der Waals surface area contributed by atoms with Crippen LogP contribution in [0.5, 0.6) is 11.5 Å². The van der Waals surface area contributed by atoms with Crippen molar-refractivity contribution in [3.05, 3.63) is 103 Å². The van der Waals surface area contributed by atoms with E-state index < -0.39 is 6.04 Å². The standard InChI is InChI=1S/C33H35N3O4S/c1-7-35(8-2)32(38)28-21(5)34-33-36(30(28)29-24-15-11-9-13-22(24)17-18-26(29)39-6)31(37)27(41-33)19-23-14-10-12-16-25(23)40-20(3)4/h9-20,30H,7-8H2,1-6H3/b27-19+/t30-/m0/s1. The lowest BCUT2D eigenvalue weighted by Gasteiger charge is -2.30. The Morgan fingerprint density at radius 2 is 1.76 bits per heavy atom. The van der Waals surface area contributed by atoms with Crippen LogP contribution in [0.4, 0.5) is 0 Å². The van der Waals surface area contributed by atoms with Gasteiger partial charge in [-0.3, -0.25) is 14.2 Å². The molecule has 0 radical (unpaired) electrons. The Morgan fingerprint density at radius 3 is 2.46 bits per heavy atom. The van der Waals surface area contributed by atoms with Gasteiger partial charge in [-0.15, -0.1) is 0 Å². The number of methoxy groups -OCH3 is 1. The summed E-state index contributed by atoms with van der Waals surface area (Å²) in [5.41, 5.74) is 2.43. The minimum absolute atomic E-state index is 0.0131. The number of ether oxygens (including phenoxy) is 2. The molecule has 0 bridgehead atoms. The number of para-hydroxylation sites is 1. The van der Waals surface area contributed by atoms with Gasteiger partial charge < -0.3 is 14.4 Å². The number of rotatable bonds is 8. The molecule has 1 aliphatic rings. The van der Waals surface area contributed by atoms with Crippen LogP contribution in [0.2, 0.25) is 0 Å². The summed E-state index contributed by atoms with van der Waals surface area (Å²) >= 11 is 1.31. The van der Waals surface area contributed by atoms with Gasteiger partial charge in [0.1, 0.15) is 17.5 Å². The summed E-state index contributed by atoms with van der Waals surface area (Å²) in [6.07, 6.45) is 1.84. The highest BCUT2D eigenvalue weighted by Gasteiger charge is 2.36. The molecule has 0 saturated heterocycles. The minimum Gasteiger partial charge on any atom is -0.496 e. The molecule has 0 saturated carbocycles. The SMILES string of the molecule is CCN(CC)C(=O)C1=C(C)N=c2s/c(=C/c3ccccc3OC(C)C)c(=O)n2[C@@H]1c1c(OC)ccc2ccccc12. The summed E-state index contributed by atoms with van der Waals surface area (Å²) in [4.78, 5) is 35.5. The number of hydrogen-bond acceptors (Lipinski definition) is 6. The number of benzene rings is 3. The first-order valence-corrected chi connectivity index (χ1v) is 14.7. The molecule has 1 aliphatic heterocycles. The largest absolute Gasteiger partial charge is 0.496 e. The zero-order valence-electron chi connectivity index (χ0n) is 24.3. The predicted octanol–water partition coefficient (Wildman–Crippen LogP) is 5.05. The normalized spacial score (nSPS) is 15.2. The molecule has 1 amide bonds. The van der Waals surface area contributed by atoms with E-state index in [2.05, 4.69) is 0 Å². The Balaban J connectivity index is 1.83. The van der Waals surface area contributed by atoms with Crippen LogP contribution in [-0.2, 0) is 4.79 Å². The maximum absolute atomic E-state index is 14.3. The van der Waals surface area contributed by atoms with Crippen LogP contribution in [-0.4, -0.2) is 41.7 Å². The molecule has 41 heavy (non-hydrogen) atoms. The third kappa shape index (κ3) is 5.20. The molecular formula is C33H35N3O4S. The zero-order chi connectivity index (χ0) is 29.3. The first kappa shape index (κ1) is 28.4. The molecule has 3 aromatic carbocycles. The summed E-state index contributed by atoms with van der Waals surface area (Å²) in [5, 5.41) is 1.91. The summed E-state index contributed by atoms with van der Waals surface area (Å²) < 4.78 is 14.1. The molecule has 0 unspecified atom stereocenters. The fourth-order valence-electron chi connectivity index (χ4n) is 5.39. The second-order valence-electron chi connectivity index (χ2n) is 10.2. The molecule has 0 fully saturated rings. The van der Waals surface area contributed by atoms with Gasteiger partial charge in [-0.2, -0.15) is 0 Å². The highest BCUT2D eigenvalue weighted by atomic mass is 32.1. The monoisotopic (exact) mass is 569 g/mol. The van der Waals surface area contributed by atoms with E-state index in [1.807, 2.05) is 101 Å². The number of carbonyl (C=O) groups is 1. The van der Waals surface area contributed by atoms with E-state index in [0.717, 1.165) is 21.9 Å². The fourth-order valence-corrected chi connectivity index (χ4v) is 6.42. The van der Waals surface area contributed by atoms with Crippen molar-refractivity contribution in [2.45, 2.75) is 46.8 Å². The lowest BCUT2D eigenvalue weighted by molar-refractivity contribution is -0.127. The third-order valence-electron chi connectivity index (χ3n) is 7.30. The predicted molar refractivity (Wildman–Crippen MR) is 164 cm³/mol. The molecule has 5 rings (SSSR count). The van der Waals surface area contributed by atoms with Crippen molar-refractivity contribution < 1.29 is 14.3 Å². The maximum Gasteiger partial charge on any atom is 0.271 e. The molecule has 7 nitrogen and oxygen atoms in total. The number of carbonyl (C=O) groups excluding carboxylic acids is 1. The van der Waals surface area contributed by atoms with Gasteiger partial charge in [0, 0.05) is 24.2 Å². The average molecular weight is 570 g/mol. The van der Waals surface area contributed by atoms with Crippen LogP contribution >= 0.6 is 11.3 Å². The van der Waals surface area contributed by atoms with E-state index in [0.29, 0.717) is 45.2 Å². The van der Waals surface area contributed by atoms with Crippen molar-refractivity contribution >= 4 is 34.1 Å². The van der Waals surface area contributed by atoms with Gasteiger partial charge in [0.05, 0.1) is 29.0 Å². The van der Waals surface area contributed by atoms with E-state index >= 15 is 0 Å². The second-order valence-corrected chi connectivity index (χ2v) is 11.2. The maximum atomic E-state index is 14.3. The number of hydrogen-bond donors (Lipinski definition) is 0. The van der Waals surface area contributed by atoms with Crippen molar-refractivity contribution in [1.82, 2.24) is 9.47 Å².